The number of nitrogens with zero attached hydrogens (tertiary/aromatic N) is 6. The monoisotopic (exact) mass is 669 g/mol. The molecule has 0 radical (unpaired) electrons. The van der Waals surface area contributed by atoms with Gasteiger partial charge in [-0.05, 0) is 42.5 Å². The van der Waals surface area contributed by atoms with E-state index in [1.54, 1.807) is 6.07 Å². The Bertz CT molecular complexity index is 1830. The number of aliphatic hydroxyl groups excluding tert-OH is 1. The maximum atomic E-state index is 13.4. The van der Waals surface area contributed by atoms with Crippen molar-refractivity contribution in [3.63, 3.8) is 0 Å². The highest BCUT2D eigenvalue weighted by Crippen LogP contribution is 2.39. The number of fused-ring (bicyclic) bond motifs is 2. The van der Waals surface area contributed by atoms with Gasteiger partial charge < -0.3 is 20.5 Å². The van der Waals surface area contributed by atoms with E-state index in [4.69, 9.17) is 4.74 Å². The Morgan fingerprint density at radius 1 is 0.959 bits per heavy atom. The molecule has 0 bridgehead atoms. The topological polar surface area (TPSA) is 159 Å². The Hall–Kier alpha value is -4.62. The van der Waals surface area contributed by atoms with E-state index in [0.717, 1.165) is 41.3 Å². The maximum absolute atomic E-state index is 13.4. The second-order valence-electron chi connectivity index (χ2n) is 15.0. The van der Waals surface area contributed by atoms with E-state index in [-0.39, 0.29) is 40.7 Å². The molecule has 1 aromatic carbocycles. The molecule has 4 N–H and O–H groups in total. The fourth-order valence-corrected chi connectivity index (χ4v) is 6.37. The molecule has 1 saturated heterocycles. The first-order valence-corrected chi connectivity index (χ1v) is 17.0. The lowest BCUT2D eigenvalue weighted by atomic mass is 9.85. The van der Waals surface area contributed by atoms with Gasteiger partial charge in [-0.1, -0.05) is 65.8 Å². The minimum Gasteiger partial charge on any atom is -0.484 e. The zero-order valence-electron chi connectivity index (χ0n) is 29.2. The summed E-state index contributed by atoms with van der Waals surface area (Å²) >= 11 is 0. The number of rotatable bonds is 8. The third-order valence-electron chi connectivity index (χ3n) is 8.97. The van der Waals surface area contributed by atoms with Gasteiger partial charge in [0.15, 0.2) is 5.65 Å². The van der Waals surface area contributed by atoms with Gasteiger partial charge in [-0.3, -0.25) is 19.4 Å². The smallest absolute Gasteiger partial charge is 0.320 e. The number of likely N-dealkylation sites (tertiary alicyclic amines) is 1. The van der Waals surface area contributed by atoms with Gasteiger partial charge >= 0.3 is 6.03 Å². The predicted molar refractivity (Wildman–Crippen MR) is 186 cm³/mol. The molecule has 4 heterocycles. The largest absolute Gasteiger partial charge is 0.484 e. The summed E-state index contributed by atoms with van der Waals surface area (Å²) in [6, 6.07) is 12.9. The first kappa shape index (κ1) is 34.3. The molecule has 3 aromatic heterocycles. The molecule has 260 valence electrons. The molecule has 3 amide bonds. The zero-order valence-corrected chi connectivity index (χ0v) is 29.2. The highest BCUT2D eigenvalue weighted by Gasteiger charge is 2.30. The molecule has 1 unspecified atom stereocenters. The second-order valence-corrected chi connectivity index (χ2v) is 15.0. The summed E-state index contributed by atoms with van der Waals surface area (Å²) < 4.78 is 8.52. The van der Waals surface area contributed by atoms with E-state index in [0.29, 0.717) is 38.2 Å². The quantitative estimate of drug-likeness (QED) is 0.209. The molecule has 1 aliphatic carbocycles. The van der Waals surface area contributed by atoms with Crippen LogP contribution in [0.5, 0.6) is 5.75 Å². The lowest BCUT2D eigenvalue weighted by Crippen LogP contribution is -2.37. The summed E-state index contributed by atoms with van der Waals surface area (Å²) in [5.74, 6) is 1.40. The van der Waals surface area contributed by atoms with Gasteiger partial charge in [0.05, 0.1) is 24.0 Å². The number of β-amino-alcohol motifs (C(OH)–C–C–N with tert-alkyl or cyclic N) is 1. The van der Waals surface area contributed by atoms with Crippen molar-refractivity contribution in [1.29, 1.82) is 0 Å². The van der Waals surface area contributed by atoms with Crippen LogP contribution in [-0.2, 0) is 10.8 Å². The number of carbonyl (C=O) groups excluding carboxylic acids is 2. The van der Waals surface area contributed by atoms with E-state index in [9.17, 15) is 14.7 Å². The highest BCUT2D eigenvalue weighted by molar-refractivity contribution is 5.92. The molecule has 13 heteroatoms. The van der Waals surface area contributed by atoms with Crippen molar-refractivity contribution in [3.05, 3.63) is 77.1 Å². The van der Waals surface area contributed by atoms with Crippen LogP contribution < -0.4 is 20.7 Å². The minimum atomic E-state index is -0.426. The van der Waals surface area contributed by atoms with Crippen molar-refractivity contribution >= 4 is 23.4 Å². The van der Waals surface area contributed by atoms with Crippen molar-refractivity contribution in [2.24, 2.45) is 0 Å². The Kier molecular flexibility index (Phi) is 9.58. The van der Waals surface area contributed by atoms with Gasteiger partial charge in [0.25, 0.3) is 5.91 Å². The minimum absolute atomic E-state index is 0.00790. The van der Waals surface area contributed by atoms with E-state index >= 15 is 0 Å². The number of ether oxygens (including phenoxy) is 1. The van der Waals surface area contributed by atoms with Crippen LogP contribution in [0.25, 0.3) is 5.65 Å². The number of urea groups is 1. The number of amides is 3. The summed E-state index contributed by atoms with van der Waals surface area (Å²) in [4.78, 5) is 37.5. The fourth-order valence-electron chi connectivity index (χ4n) is 6.37. The van der Waals surface area contributed by atoms with Crippen molar-refractivity contribution in [2.45, 2.75) is 89.9 Å². The molecule has 49 heavy (non-hydrogen) atoms. The summed E-state index contributed by atoms with van der Waals surface area (Å²) in [7, 11) is 0. The summed E-state index contributed by atoms with van der Waals surface area (Å²) in [6.45, 7) is 14.7. The second kappa shape index (κ2) is 13.7. The molecular formula is C36H47N9O4. The van der Waals surface area contributed by atoms with Crippen LogP contribution in [0.2, 0.25) is 0 Å². The standard InChI is InChI=1S/C36H47N9O4/c1-35(2,3)28-19-29(40-31(39-28)32(47)37-16-18-44-17-15-22(46)20-44)41-34(48)38-26-12-13-27(25-10-8-7-9-24(25)26)49-23-11-14-30-42-43-33(36(4,5)6)45(30)21-23/h7-11,14,19,21-22,26-27,46H,12-13,15-18,20H2,1-6H3,(H,37,47)(H2,38,39,40,41,48)/t22?,26-,27+/m0/s1. The number of aromatic nitrogens is 5. The lowest BCUT2D eigenvalue weighted by Gasteiger charge is -2.32. The third kappa shape index (κ3) is 8.00. The van der Waals surface area contributed by atoms with Crippen molar-refractivity contribution in [2.75, 3.05) is 31.5 Å². The van der Waals surface area contributed by atoms with Crippen LogP contribution in [0.15, 0.2) is 48.7 Å². The summed E-state index contributed by atoms with van der Waals surface area (Å²) in [6.07, 6.45) is 3.52. The van der Waals surface area contributed by atoms with E-state index in [1.807, 2.05) is 67.8 Å². The highest BCUT2D eigenvalue weighted by atomic mass is 16.5. The average Bonchev–Trinajstić information content (AvgIpc) is 3.67. The Balaban J connectivity index is 1.13. The summed E-state index contributed by atoms with van der Waals surface area (Å²) in [5, 5.41) is 27.3. The maximum Gasteiger partial charge on any atom is 0.320 e. The van der Waals surface area contributed by atoms with Gasteiger partial charge in [-0.2, -0.15) is 0 Å². The van der Waals surface area contributed by atoms with Crippen LogP contribution >= 0.6 is 0 Å². The number of anilines is 1. The van der Waals surface area contributed by atoms with E-state index < -0.39 is 11.9 Å². The van der Waals surface area contributed by atoms with E-state index in [2.05, 4.69) is 61.8 Å². The van der Waals surface area contributed by atoms with Gasteiger partial charge in [-0.15, -0.1) is 10.2 Å². The Morgan fingerprint density at radius 2 is 1.73 bits per heavy atom. The Labute approximate surface area is 286 Å². The molecule has 4 aromatic rings. The fraction of sp³-hybridized carbons (Fsp3) is 0.500. The number of benzene rings is 1. The molecule has 13 nitrogen and oxygen atoms in total. The number of pyridine rings is 1. The van der Waals surface area contributed by atoms with E-state index in [1.165, 1.54) is 0 Å². The Morgan fingerprint density at radius 3 is 2.45 bits per heavy atom. The van der Waals surface area contributed by atoms with Crippen LogP contribution in [-0.4, -0.2) is 78.8 Å². The molecule has 0 spiro atoms. The lowest BCUT2D eigenvalue weighted by molar-refractivity contribution is 0.0938. The first-order valence-electron chi connectivity index (χ1n) is 17.0. The first-order chi connectivity index (χ1) is 23.2. The van der Waals surface area contributed by atoms with Crippen LogP contribution in [0.3, 0.4) is 0 Å². The average molecular weight is 670 g/mol. The van der Waals surface area contributed by atoms with Crippen molar-refractivity contribution in [3.8, 4) is 5.75 Å². The normalized spacial score (nSPS) is 19.8. The molecule has 0 saturated carbocycles. The van der Waals surface area contributed by atoms with Gasteiger partial charge in [-0.25, -0.2) is 14.8 Å². The molecular weight excluding hydrogens is 622 g/mol. The number of nitrogens with one attached hydrogen (secondary N) is 3. The zero-order chi connectivity index (χ0) is 34.9. The summed E-state index contributed by atoms with van der Waals surface area (Å²) in [5.41, 5.74) is 2.83. The van der Waals surface area contributed by atoms with Gasteiger partial charge in [0.1, 0.15) is 23.5 Å². The number of carbonyl (C=O) groups is 2. The van der Waals surface area contributed by atoms with Crippen molar-refractivity contribution in [1.82, 2.24) is 40.1 Å². The number of hydrogen-bond acceptors (Lipinski definition) is 9. The van der Waals surface area contributed by atoms with Crippen LogP contribution in [0, 0.1) is 0 Å². The molecule has 2 aliphatic rings. The predicted octanol–water partition coefficient (Wildman–Crippen LogP) is 4.69. The molecule has 1 fully saturated rings. The van der Waals surface area contributed by atoms with Crippen LogP contribution in [0.1, 0.15) is 106 Å². The molecule has 1 aliphatic heterocycles. The van der Waals surface area contributed by atoms with Crippen molar-refractivity contribution < 1.29 is 19.4 Å². The number of aliphatic hydroxyl groups is 1. The SMILES string of the molecule is CC(C)(C)c1cc(NC(=O)N[C@H]2CC[C@@H](Oc3ccc4nnc(C(C)(C)C)n4c3)c3ccccc32)nc(C(=O)NCCN2CCC(O)C2)n1. The number of hydrogen-bond donors (Lipinski definition) is 4. The van der Waals surface area contributed by atoms with Crippen LogP contribution in [0.4, 0.5) is 10.6 Å². The van der Waals surface area contributed by atoms with Gasteiger partial charge in [0, 0.05) is 43.1 Å². The molecule has 6 rings (SSSR count). The molecule has 3 atom stereocenters. The van der Waals surface area contributed by atoms with Gasteiger partial charge in [0.2, 0.25) is 5.82 Å². The third-order valence-corrected chi connectivity index (χ3v) is 8.97.